The number of anilines is 2. The van der Waals surface area contributed by atoms with E-state index in [0.29, 0.717) is 5.75 Å². The number of fused-ring (bicyclic) bond motifs is 1. The van der Waals surface area contributed by atoms with Gasteiger partial charge in [0.15, 0.2) is 0 Å². The van der Waals surface area contributed by atoms with Crippen molar-refractivity contribution < 1.29 is 14.3 Å². The lowest BCUT2D eigenvalue weighted by Crippen LogP contribution is -2.47. The molecule has 0 spiro atoms. The first kappa shape index (κ1) is 15.1. The van der Waals surface area contributed by atoms with Crippen LogP contribution in [0.25, 0.3) is 0 Å². The third kappa shape index (κ3) is 2.77. The van der Waals surface area contributed by atoms with Crippen molar-refractivity contribution in [2.45, 2.75) is 6.42 Å². The van der Waals surface area contributed by atoms with E-state index in [-0.39, 0.29) is 24.8 Å². The lowest BCUT2D eigenvalue weighted by atomic mass is 10.1. The van der Waals surface area contributed by atoms with Gasteiger partial charge >= 0.3 is 0 Å². The van der Waals surface area contributed by atoms with Crippen molar-refractivity contribution in [2.75, 3.05) is 30.5 Å². The van der Waals surface area contributed by atoms with Crippen molar-refractivity contribution in [1.82, 2.24) is 0 Å². The van der Waals surface area contributed by atoms with E-state index < -0.39 is 0 Å². The number of benzene rings is 2. The number of hydrogen-bond acceptors (Lipinski definition) is 3. The molecule has 3 rings (SSSR count). The summed E-state index contributed by atoms with van der Waals surface area (Å²) in [5, 5.41) is 0. The summed E-state index contributed by atoms with van der Waals surface area (Å²) >= 11 is 0. The normalized spacial score (nSPS) is 13.7. The number of hydrogen-bond donors (Lipinski definition) is 0. The summed E-state index contributed by atoms with van der Waals surface area (Å²) < 4.78 is 5.30. The summed E-state index contributed by atoms with van der Waals surface area (Å²) in [5.41, 5.74) is 2.32. The maximum Gasteiger partial charge on any atom is 0.246 e. The predicted octanol–water partition coefficient (Wildman–Crippen LogP) is 2.25. The van der Waals surface area contributed by atoms with Crippen LogP contribution >= 0.6 is 0 Å². The molecule has 2 aromatic carbocycles. The van der Waals surface area contributed by atoms with Crippen LogP contribution in [-0.4, -0.2) is 32.5 Å². The van der Waals surface area contributed by atoms with Crippen LogP contribution in [0.4, 0.5) is 11.4 Å². The fourth-order valence-corrected chi connectivity index (χ4v) is 2.77. The number of amides is 2. The van der Waals surface area contributed by atoms with Crippen molar-refractivity contribution >= 4 is 23.2 Å². The lowest BCUT2D eigenvalue weighted by molar-refractivity contribution is -0.122. The highest BCUT2D eigenvalue weighted by atomic mass is 16.5. The SMILES string of the molecule is COc1ccccc1CC(=O)N1CC(=O)N(C)c2ccccc21. The van der Waals surface area contributed by atoms with Gasteiger partial charge in [0, 0.05) is 12.6 Å². The van der Waals surface area contributed by atoms with Crippen LogP contribution < -0.4 is 14.5 Å². The fourth-order valence-electron chi connectivity index (χ4n) is 2.77. The summed E-state index contributed by atoms with van der Waals surface area (Å²) in [6.07, 6.45) is 0.190. The third-order valence-corrected chi connectivity index (χ3v) is 4.04. The molecule has 0 fully saturated rings. The molecule has 0 aromatic heterocycles. The topological polar surface area (TPSA) is 49.9 Å². The molecule has 0 saturated carbocycles. The summed E-state index contributed by atoms with van der Waals surface area (Å²) in [5.74, 6) is 0.454. The number of ether oxygens (including phenoxy) is 1. The lowest BCUT2D eigenvalue weighted by Gasteiger charge is -2.34. The maximum absolute atomic E-state index is 12.8. The first-order valence-electron chi connectivity index (χ1n) is 7.39. The van der Waals surface area contributed by atoms with Gasteiger partial charge in [0.1, 0.15) is 12.3 Å². The molecule has 2 amide bonds. The number of para-hydroxylation sites is 3. The van der Waals surface area contributed by atoms with E-state index in [4.69, 9.17) is 4.74 Å². The van der Waals surface area contributed by atoms with E-state index in [0.717, 1.165) is 16.9 Å². The summed E-state index contributed by atoms with van der Waals surface area (Å²) in [4.78, 5) is 28.0. The molecule has 2 aromatic rings. The molecule has 23 heavy (non-hydrogen) atoms. The zero-order valence-electron chi connectivity index (χ0n) is 13.2. The van der Waals surface area contributed by atoms with Gasteiger partial charge in [-0.15, -0.1) is 0 Å². The van der Waals surface area contributed by atoms with Gasteiger partial charge in [0.2, 0.25) is 11.8 Å². The largest absolute Gasteiger partial charge is 0.496 e. The van der Waals surface area contributed by atoms with Crippen molar-refractivity contribution in [3.8, 4) is 5.75 Å². The van der Waals surface area contributed by atoms with Gasteiger partial charge < -0.3 is 14.5 Å². The monoisotopic (exact) mass is 310 g/mol. The summed E-state index contributed by atoms with van der Waals surface area (Å²) in [6, 6.07) is 14.8. The number of carbonyl (C=O) groups is 2. The quantitative estimate of drug-likeness (QED) is 0.873. The van der Waals surface area contributed by atoms with E-state index in [1.807, 2.05) is 48.5 Å². The van der Waals surface area contributed by atoms with Gasteiger partial charge in [0.05, 0.1) is 24.9 Å². The third-order valence-electron chi connectivity index (χ3n) is 4.04. The Balaban J connectivity index is 1.91. The van der Waals surface area contributed by atoms with Crippen LogP contribution in [0.5, 0.6) is 5.75 Å². The Hall–Kier alpha value is -2.82. The van der Waals surface area contributed by atoms with Crippen LogP contribution in [0.3, 0.4) is 0 Å². The molecule has 118 valence electrons. The van der Waals surface area contributed by atoms with Crippen molar-refractivity contribution in [3.05, 3.63) is 54.1 Å². The highest BCUT2D eigenvalue weighted by molar-refractivity contribution is 6.11. The standard InChI is InChI=1S/C18H18N2O3/c1-19-14-8-4-5-9-15(14)20(12-18(19)22)17(21)11-13-7-3-6-10-16(13)23-2/h3-10H,11-12H2,1-2H3. The van der Waals surface area contributed by atoms with Gasteiger partial charge in [-0.1, -0.05) is 30.3 Å². The minimum Gasteiger partial charge on any atom is -0.496 e. The second-order valence-electron chi connectivity index (χ2n) is 5.41. The van der Waals surface area contributed by atoms with E-state index in [1.165, 1.54) is 0 Å². The zero-order valence-corrected chi connectivity index (χ0v) is 13.2. The van der Waals surface area contributed by atoms with Crippen LogP contribution in [-0.2, 0) is 16.0 Å². The number of nitrogens with zero attached hydrogens (tertiary/aromatic N) is 2. The highest BCUT2D eigenvalue weighted by Crippen LogP contribution is 2.33. The van der Waals surface area contributed by atoms with Crippen LogP contribution in [0.15, 0.2) is 48.5 Å². The molecule has 0 aliphatic carbocycles. The van der Waals surface area contributed by atoms with E-state index in [1.54, 1.807) is 24.0 Å². The Morgan fingerprint density at radius 1 is 1.09 bits per heavy atom. The van der Waals surface area contributed by atoms with Crippen molar-refractivity contribution in [3.63, 3.8) is 0 Å². The molecule has 1 heterocycles. The average molecular weight is 310 g/mol. The van der Waals surface area contributed by atoms with Gasteiger partial charge in [-0.25, -0.2) is 0 Å². The minimum atomic E-state index is -0.122. The number of likely N-dealkylation sites (N-methyl/N-ethyl adjacent to an activating group) is 1. The molecular weight excluding hydrogens is 292 g/mol. The fraction of sp³-hybridized carbons (Fsp3) is 0.222. The smallest absolute Gasteiger partial charge is 0.246 e. The molecule has 5 nitrogen and oxygen atoms in total. The Morgan fingerprint density at radius 3 is 2.48 bits per heavy atom. The first-order chi connectivity index (χ1) is 11.1. The molecule has 1 aliphatic rings. The molecule has 1 aliphatic heterocycles. The van der Waals surface area contributed by atoms with Crippen molar-refractivity contribution in [2.24, 2.45) is 0 Å². The molecule has 0 bridgehead atoms. The zero-order chi connectivity index (χ0) is 16.4. The number of rotatable bonds is 3. The predicted molar refractivity (Wildman–Crippen MR) is 88.9 cm³/mol. The number of carbonyl (C=O) groups excluding carboxylic acids is 2. The Labute approximate surface area is 135 Å². The highest BCUT2D eigenvalue weighted by Gasteiger charge is 2.30. The summed E-state index contributed by atoms with van der Waals surface area (Å²) in [6.45, 7) is 0.0570. The van der Waals surface area contributed by atoms with Crippen LogP contribution in [0, 0.1) is 0 Å². The Bertz CT molecular complexity index is 757. The number of methoxy groups -OCH3 is 1. The first-order valence-corrected chi connectivity index (χ1v) is 7.39. The molecule has 0 unspecified atom stereocenters. The molecule has 0 atom stereocenters. The van der Waals surface area contributed by atoms with E-state index in [9.17, 15) is 9.59 Å². The van der Waals surface area contributed by atoms with E-state index in [2.05, 4.69) is 0 Å². The van der Waals surface area contributed by atoms with Gasteiger partial charge in [-0.05, 0) is 18.2 Å². The molecule has 5 heteroatoms. The molecule has 0 saturated heterocycles. The maximum atomic E-state index is 12.8. The minimum absolute atomic E-state index is 0.0570. The van der Waals surface area contributed by atoms with Gasteiger partial charge in [-0.2, -0.15) is 0 Å². The molecule has 0 N–H and O–H groups in total. The van der Waals surface area contributed by atoms with Gasteiger partial charge in [-0.3, -0.25) is 9.59 Å². The second kappa shape index (κ2) is 6.12. The van der Waals surface area contributed by atoms with Crippen LogP contribution in [0.2, 0.25) is 0 Å². The van der Waals surface area contributed by atoms with Gasteiger partial charge in [0.25, 0.3) is 0 Å². The van der Waals surface area contributed by atoms with Crippen molar-refractivity contribution in [1.29, 1.82) is 0 Å². The van der Waals surface area contributed by atoms with Crippen LogP contribution in [0.1, 0.15) is 5.56 Å². The summed E-state index contributed by atoms with van der Waals surface area (Å²) in [7, 11) is 3.31. The average Bonchev–Trinajstić information content (AvgIpc) is 2.58. The molecule has 0 radical (unpaired) electrons. The molecular formula is C18H18N2O3. The second-order valence-corrected chi connectivity index (χ2v) is 5.41. The Morgan fingerprint density at radius 2 is 1.74 bits per heavy atom. The Kier molecular flexibility index (Phi) is 4.02. The van der Waals surface area contributed by atoms with E-state index >= 15 is 0 Å².